The molecule has 1 amide bonds. The molecule has 1 aromatic heterocycles. The van der Waals surface area contributed by atoms with Gasteiger partial charge in [0.1, 0.15) is 11.8 Å². The van der Waals surface area contributed by atoms with Crippen LogP contribution in [0.2, 0.25) is 10.0 Å². The third kappa shape index (κ3) is 3.91. The van der Waals surface area contributed by atoms with E-state index in [4.69, 9.17) is 27.9 Å². The van der Waals surface area contributed by atoms with Crippen LogP contribution in [0.1, 0.15) is 19.9 Å². The van der Waals surface area contributed by atoms with Gasteiger partial charge in [-0.3, -0.25) is 4.79 Å². The molecule has 0 saturated carbocycles. The van der Waals surface area contributed by atoms with E-state index < -0.39 is 6.04 Å². The molecule has 0 radical (unpaired) electrons. The number of amides is 1. The Kier molecular flexibility index (Phi) is 5.21. The molecule has 25 heavy (non-hydrogen) atoms. The summed E-state index contributed by atoms with van der Waals surface area (Å²) in [6.07, 6.45) is 1.90. The predicted molar refractivity (Wildman–Crippen MR) is 103 cm³/mol. The normalized spacial score (nSPS) is 12.2. The Labute approximate surface area is 156 Å². The van der Waals surface area contributed by atoms with Gasteiger partial charge in [0.15, 0.2) is 0 Å². The average molecular weight is 377 g/mol. The van der Waals surface area contributed by atoms with Gasteiger partial charge >= 0.3 is 0 Å². The Morgan fingerprint density at radius 1 is 1.16 bits per heavy atom. The van der Waals surface area contributed by atoms with Crippen molar-refractivity contribution in [2.45, 2.75) is 19.9 Å². The second-order valence-corrected chi connectivity index (χ2v) is 6.57. The van der Waals surface area contributed by atoms with E-state index in [1.807, 2.05) is 48.9 Å². The third-order valence-electron chi connectivity index (χ3n) is 3.93. The van der Waals surface area contributed by atoms with Crippen LogP contribution in [0.4, 0.5) is 5.69 Å². The van der Waals surface area contributed by atoms with Gasteiger partial charge in [-0.05, 0) is 56.3 Å². The SMILES string of the molecule is CCOc1ccc2c(ccn2C(C)C(=O)Nc2cc(Cl)cc(Cl)c2)c1. The Bertz CT molecular complexity index is 901. The van der Waals surface area contributed by atoms with Crippen LogP contribution in [0.15, 0.2) is 48.7 Å². The molecular formula is C19H18Cl2N2O2. The number of halogens is 2. The summed E-state index contributed by atoms with van der Waals surface area (Å²) in [6, 6.07) is 12.4. The number of fused-ring (bicyclic) bond motifs is 1. The second kappa shape index (κ2) is 7.38. The molecule has 2 aromatic carbocycles. The van der Waals surface area contributed by atoms with Gasteiger partial charge in [0.2, 0.25) is 5.91 Å². The van der Waals surface area contributed by atoms with Crippen molar-refractivity contribution in [3.63, 3.8) is 0 Å². The molecule has 0 aliphatic rings. The Morgan fingerprint density at radius 2 is 1.88 bits per heavy atom. The molecule has 0 fully saturated rings. The smallest absolute Gasteiger partial charge is 0.247 e. The summed E-state index contributed by atoms with van der Waals surface area (Å²) in [5.74, 6) is 0.670. The number of hydrogen-bond acceptors (Lipinski definition) is 2. The standard InChI is InChI=1S/C19H18Cl2N2O2/c1-3-25-17-4-5-18-13(8-17)6-7-23(18)12(2)19(24)22-16-10-14(20)9-15(21)11-16/h4-12H,3H2,1-2H3,(H,22,24). The molecule has 0 aliphatic heterocycles. The van der Waals surface area contributed by atoms with E-state index in [1.165, 1.54) is 0 Å². The summed E-state index contributed by atoms with van der Waals surface area (Å²) in [5.41, 5.74) is 1.54. The van der Waals surface area contributed by atoms with Crippen LogP contribution >= 0.6 is 23.2 Å². The van der Waals surface area contributed by atoms with Crippen molar-refractivity contribution in [2.75, 3.05) is 11.9 Å². The van der Waals surface area contributed by atoms with Gasteiger partial charge < -0.3 is 14.6 Å². The lowest BCUT2D eigenvalue weighted by molar-refractivity contribution is -0.118. The molecule has 4 nitrogen and oxygen atoms in total. The van der Waals surface area contributed by atoms with Crippen molar-refractivity contribution in [2.24, 2.45) is 0 Å². The maximum Gasteiger partial charge on any atom is 0.247 e. The molecule has 0 spiro atoms. The van der Waals surface area contributed by atoms with Gasteiger partial charge in [-0.2, -0.15) is 0 Å². The largest absolute Gasteiger partial charge is 0.494 e. The fraction of sp³-hybridized carbons (Fsp3) is 0.211. The van der Waals surface area contributed by atoms with Crippen molar-refractivity contribution in [1.29, 1.82) is 0 Å². The second-order valence-electron chi connectivity index (χ2n) is 5.70. The van der Waals surface area contributed by atoms with Gasteiger partial charge in [0.05, 0.1) is 6.61 Å². The number of ether oxygens (including phenoxy) is 1. The van der Waals surface area contributed by atoms with E-state index in [0.717, 1.165) is 16.7 Å². The van der Waals surface area contributed by atoms with Gasteiger partial charge in [0, 0.05) is 32.8 Å². The minimum atomic E-state index is -0.395. The predicted octanol–water partition coefficient (Wildman–Crippen LogP) is 5.55. The van der Waals surface area contributed by atoms with Crippen molar-refractivity contribution < 1.29 is 9.53 Å². The molecule has 6 heteroatoms. The van der Waals surface area contributed by atoms with Crippen molar-refractivity contribution in [3.8, 4) is 5.75 Å². The molecule has 0 aliphatic carbocycles. The minimum Gasteiger partial charge on any atom is -0.494 e. The number of anilines is 1. The monoisotopic (exact) mass is 376 g/mol. The van der Waals surface area contributed by atoms with Gasteiger partial charge in [0.25, 0.3) is 0 Å². The van der Waals surface area contributed by atoms with Crippen LogP contribution in [0.3, 0.4) is 0 Å². The topological polar surface area (TPSA) is 43.3 Å². The fourth-order valence-corrected chi connectivity index (χ4v) is 3.26. The highest BCUT2D eigenvalue weighted by Crippen LogP contribution is 2.26. The fourth-order valence-electron chi connectivity index (χ4n) is 2.74. The first-order chi connectivity index (χ1) is 12.0. The quantitative estimate of drug-likeness (QED) is 0.634. The van der Waals surface area contributed by atoms with Gasteiger partial charge in [-0.15, -0.1) is 0 Å². The number of rotatable bonds is 5. The number of carbonyl (C=O) groups excluding carboxylic acids is 1. The third-order valence-corrected chi connectivity index (χ3v) is 4.37. The summed E-state index contributed by atoms with van der Waals surface area (Å²) in [6.45, 7) is 4.41. The Morgan fingerprint density at radius 3 is 2.56 bits per heavy atom. The van der Waals surface area contributed by atoms with Crippen molar-refractivity contribution in [1.82, 2.24) is 4.57 Å². The van der Waals surface area contributed by atoms with Crippen LogP contribution in [-0.4, -0.2) is 17.1 Å². The first kappa shape index (κ1) is 17.6. The molecule has 0 bridgehead atoms. The first-order valence-electron chi connectivity index (χ1n) is 7.98. The molecule has 3 aromatic rings. The molecule has 3 rings (SSSR count). The van der Waals surface area contributed by atoms with E-state index in [0.29, 0.717) is 22.3 Å². The van der Waals surface area contributed by atoms with E-state index in [1.54, 1.807) is 18.2 Å². The highest BCUT2D eigenvalue weighted by molar-refractivity contribution is 6.35. The minimum absolute atomic E-state index is 0.148. The van der Waals surface area contributed by atoms with Gasteiger partial charge in [-0.25, -0.2) is 0 Å². The summed E-state index contributed by atoms with van der Waals surface area (Å²) >= 11 is 12.0. The number of nitrogens with one attached hydrogen (secondary N) is 1. The van der Waals surface area contributed by atoms with E-state index in [9.17, 15) is 4.79 Å². The average Bonchev–Trinajstić information content (AvgIpc) is 2.96. The highest BCUT2D eigenvalue weighted by atomic mass is 35.5. The molecule has 1 N–H and O–H groups in total. The van der Waals surface area contributed by atoms with Crippen LogP contribution in [0.25, 0.3) is 10.9 Å². The maximum atomic E-state index is 12.6. The van der Waals surface area contributed by atoms with Crippen LogP contribution in [0.5, 0.6) is 5.75 Å². The van der Waals surface area contributed by atoms with Gasteiger partial charge in [-0.1, -0.05) is 23.2 Å². The summed E-state index contributed by atoms with van der Waals surface area (Å²) < 4.78 is 7.44. The number of nitrogens with zero attached hydrogens (tertiary/aromatic N) is 1. The summed E-state index contributed by atoms with van der Waals surface area (Å²) in [5, 5.41) is 4.83. The molecule has 1 heterocycles. The lowest BCUT2D eigenvalue weighted by atomic mass is 10.2. The highest BCUT2D eigenvalue weighted by Gasteiger charge is 2.17. The lowest BCUT2D eigenvalue weighted by Gasteiger charge is -2.16. The molecule has 0 saturated heterocycles. The maximum absolute atomic E-state index is 12.6. The Balaban J connectivity index is 1.83. The zero-order valence-corrected chi connectivity index (χ0v) is 15.4. The van der Waals surface area contributed by atoms with Crippen LogP contribution in [0, 0.1) is 0 Å². The Hall–Kier alpha value is -2.17. The van der Waals surface area contributed by atoms with E-state index >= 15 is 0 Å². The lowest BCUT2D eigenvalue weighted by Crippen LogP contribution is -2.23. The molecule has 1 atom stereocenters. The molecular weight excluding hydrogens is 359 g/mol. The first-order valence-corrected chi connectivity index (χ1v) is 8.74. The summed E-state index contributed by atoms with van der Waals surface area (Å²) in [7, 11) is 0. The van der Waals surface area contributed by atoms with Crippen molar-refractivity contribution >= 4 is 45.7 Å². The number of carbonyl (C=O) groups is 1. The number of aromatic nitrogens is 1. The van der Waals surface area contributed by atoms with E-state index in [-0.39, 0.29) is 5.91 Å². The van der Waals surface area contributed by atoms with E-state index in [2.05, 4.69) is 5.32 Å². The number of benzene rings is 2. The zero-order chi connectivity index (χ0) is 18.0. The summed E-state index contributed by atoms with van der Waals surface area (Å²) in [4.78, 5) is 12.6. The van der Waals surface area contributed by atoms with Crippen LogP contribution in [-0.2, 0) is 4.79 Å². The molecule has 1 unspecified atom stereocenters. The number of hydrogen-bond donors (Lipinski definition) is 1. The van der Waals surface area contributed by atoms with Crippen molar-refractivity contribution in [3.05, 3.63) is 58.7 Å². The van der Waals surface area contributed by atoms with Crippen LogP contribution < -0.4 is 10.1 Å². The zero-order valence-electron chi connectivity index (χ0n) is 13.9. The molecule has 130 valence electrons.